The van der Waals surface area contributed by atoms with Crippen molar-refractivity contribution in [2.45, 2.75) is 32.8 Å². The average molecular weight is 373 g/mol. The van der Waals surface area contributed by atoms with Crippen LogP contribution in [0.4, 0.5) is 0 Å². The van der Waals surface area contributed by atoms with Crippen molar-refractivity contribution in [2.24, 2.45) is 5.92 Å². The van der Waals surface area contributed by atoms with Crippen molar-refractivity contribution >= 4 is 35.0 Å². The van der Waals surface area contributed by atoms with Gasteiger partial charge in [0.1, 0.15) is 10.8 Å². The minimum absolute atomic E-state index is 0.00135. The highest BCUT2D eigenvalue weighted by atomic mass is 35.5. The molecule has 1 aromatic rings. The third-order valence-corrected chi connectivity index (χ3v) is 4.82. The zero-order valence-corrected chi connectivity index (χ0v) is 15.4. The number of carbonyl (C=O) groups is 2. The minimum atomic E-state index is -0.700. The van der Waals surface area contributed by atoms with Gasteiger partial charge in [0.25, 0.3) is 5.91 Å². The van der Waals surface area contributed by atoms with Crippen molar-refractivity contribution in [3.05, 3.63) is 28.2 Å². The molecule has 2 unspecified atom stereocenters. The Morgan fingerprint density at radius 1 is 1.42 bits per heavy atom. The number of likely N-dealkylation sites (tertiary alicyclic amines) is 1. The summed E-state index contributed by atoms with van der Waals surface area (Å²) in [5.41, 5.74) is 0. The lowest BCUT2D eigenvalue weighted by atomic mass is 9.96. The maximum Gasteiger partial charge on any atom is 0.263 e. The average Bonchev–Trinajstić information content (AvgIpc) is 2.58. The lowest BCUT2D eigenvalue weighted by molar-refractivity contribution is -0.141. The highest BCUT2D eigenvalue weighted by Crippen LogP contribution is 2.32. The lowest BCUT2D eigenvalue weighted by Crippen LogP contribution is -2.49. The molecule has 0 spiro atoms. The van der Waals surface area contributed by atoms with Gasteiger partial charge in [-0.25, -0.2) is 0 Å². The minimum Gasteiger partial charge on any atom is -0.479 e. The Labute approximate surface area is 152 Å². The molecule has 1 aliphatic heterocycles. The third kappa shape index (κ3) is 4.54. The molecule has 2 rings (SSSR count). The predicted octanol–water partition coefficient (Wildman–Crippen LogP) is 3.14. The van der Waals surface area contributed by atoms with Crippen molar-refractivity contribution in [3.63, 3.8) is 0 Å². The predicted molar refractivity (Wildman–Crippen MR) is 94.5 cm³/mol. The van der Waals surface area contributed by atoms with Gasteiger partial charge >= 0.3 is 0 Å². The van der Waals surface area contributed by atoms with Crippen molar-refractivity contribution in [1.29, 1.82) is 0 Å². The first-order valence-electron chi connectivity index (χ1n) is 8.11. The second-order valence-electron chi connectivity index (χ2n) is 5.83. The molecular formula is C17H22Cl2N2O3. The Morgan fingerprint density at radius 3 is 2.88 bits per heavy atom. The van der Waals surface area contributed by atoms with E-state index in [9.17, 15) is 9.59 Å². The highest BCUT2D eigenvalue weighted by Gasteiger charge is 2.31. The first kappa shape index (κ1) is 18.9. The van der Waals surface area contributed by atoms with E-state index in [0.717, 1.165) is 12.8 Å². The van der Waals surface area contributed by atoms with Crippen LogP contribution in [0.1, 0.15) is 26.7 Å². The number of piperidine rings is 1. The van der Waals surface area contributed by atoms with Crippen LogP contribution in [-0.4, -0.2) is 42.5 Å². The van der Waals surface area contributed by atoms with Gasteiger partial charge in [-0.05, 0) is 38.8 Å². The number of nitrogens with zero attached hydrogens (tertiary/aromatic N) is 1. The topological polar surface area (TPSA) is 58.6 Å². The summed E-state index contributed by atoms with van der Waals surface area (Å²) in [6.45, 7) is 5.20. The van der Waals surface area contributed by atoms with Gasteiger partial charge in [-0.3, -0.25) is 9.59 Å². The lowest BCUT2D eigenvalue weighted by Gasteiger charge is -2.33. The molecule has 0 aromatic heterocycles. The Morgan fingerprint density at radius 2 is 2.17 bits per heavy atom. The molecule has 0 aliphatic carbocycles. The fraction of sp³-hybridized carbons (Fsp3) is 0.529. The normalized spacial score (nSPS) is 18.8. The van der Waals surface area contributed by atoms with E-state index in [1.165, 1.54) is 0 Å². The molecule has 0 saturated carbocycles. The van der Waals surface area contributed by atoms with Gasteiger partial charge in [0, 0.05) is 19.6 Å². The van der Waals surface area contributed by atoms with E-state index in [2.05, 4.69) is 5.32 Å². The monoisotopic (exact) mass is 372 g/mol. The zero-order valence-electron chi connectivity index (χ0n) is 13.9. The largest absolute Gasteiger partial charge is 0.479 e. The quantitative estimate of drug-likeness (QED) is 0.863. The molecular weight excluding hydrogens is 351 g/mol. The van der Waals surface area contributed by atoms with Crippen LogP contribution in [0.25, 0.3) is 0 Å². The van der Waals surface area contributed by atoms with Crippen molar-refractivity contribution < 1.29 is 14.3 Å². The molecule has 7 heteroatoms. The van der Waals surface area contributed by atoms with Gasteiger partial charge in [-0.2, -0.15) is 0 Å². The van der Waals surface area contributed by atoms with E-state index in [-0.39, 0.29) is 22.8 Å². The van der Waals surface area contributed by atoms with Crippen LogP contribution >= 0.6 is 23.2 Å². The first-order valence-corrected chi connectivity index (χ1v) is 8.86. The van der Waals surface area contributed by atoms with Gasteiger partial charge < -0.3 is 15.0 Å². The number of rotatable bonds is 5. The molecule has 24 heavy (non-hydrogen) atoms. The number of hydrogen-bond donors (Lipinski definition) is 1. The Kier molecular flexibility index (Phi) is 6.75. The van der Waals surface area contributed by atoms with Crippen LogP contribution in [0.15, 0.2) is 18.2 Å². The van der Waals surface area contributed by atoms with E-state index in [4.69, 9.17) is 27.9 Å². The fourth-order valence-corrected chi connectivity index (χ4v) is 3.12. The molecule has 1 N–H and O–H groups in total. The van der Waals surface area contributed by atoms with Crippen LogP contribution in [0.5, 0.6) is 5.75 Å². The Hall–Kier alpha value is -1.46. The summed E-state index contributed by atoms with van der Waals surface area (Å²) in [4.78, 5) is 26.3. The van der Waals surface area contributed by atoms with E-state index < -0.39 is 6.10 Å². The van der Waals surface area contributed by atoms with Crippen LogP contribution in [0, 0.1) is 5.92 Å². The van der Waals surface area contributed by atoms with Crippen molar-refractivity contribution in [1.82, 2.24) is 10.2 Å². The molecule has 0 radical (unpaired) electrons. The second kappa shape index (κ2) is 8.58. The summed E-state index contributed by atoms with van der Waals surface area (Å²) in [5.74, 6) is 0.0633. The van der Waals surface area contributed by atoms with Gasteiger partial charge in [0.2, 0.25) is 5.91 Å². The van der Waals surface area contributed by atoms with Crippen molar-refractivity contribution in [2.75, 3.05) is 19.6 Å². The number of amides is 2. The number of ether oxygens (including phenoxy) is 1. The summed E-state index contributed by atoms with van der Waals surface area (Å²) in [6, 6.07) is 5.04. The summed E-state index contributed by atoms with van der Waals surface area (Å²) < 4.78 is 5.68. The van der Waals surface area contributed by atoms with Gasteiger partial charge in [-0.1, -0.05) is 29.3 Å². The smallest absolute Gasteiger partial charge is 0.263 e. The SMILES string of the molecule is CCNC(=O)C1CCCN(C(=O)C(C)Oc2cccc(Cl)c2Cl)C1. The Balaban J connectivity index is 1.99. The number of hydrogen-bond acceptors (Lipinski definition) is 3. The number of benzene rings is 1. The van der Waals surface area contributed by atoms with Crippen LogP contribution in [0.3, 0.4) is 0 Å². The Bertz CT molecular complexity index is 609. The molecule has 2 amide bonds. The molecule has 1 aliphatic rings. The fourth-order valence-electron chi connectivity index (χ4n) is 2.78. The number of halogens is 2. The molecule has 1 heterocycles. The molecule has 1 aromatic carbocycles. The molecule has 132 valence electrons. The first-order chi connectivity index (χ1) is 11.4. The number of nitrogens with one attached hydrogen (secondary N) is 1. The maximum absolute atomic E-state index is 12.6. The van der Waals surface area contributed by atoms with E-state index in [1.54, 1.807) is 30.0 Å². The molecule has 2 atom stereocenters. The van der Waals surface area contributed by atoms with Crippen LogP contribution in [-0.2, 0) is 9.59 Å². The highest BCUT2D eigenvalue weighted by molar-refractivity contribution is 6.42. The molecule has 1 fully saturated rings. The van der Waals surface area contributed by atoms with Gasteiger partial charge in [-0.15, -0.1) is 0 Å². The van der Waals surface area contributed by atoms with Gasteiger partial charge in [0.15, 0.2) is 6.10 Å². The maximum atomic E-state index is 12.6. The standard InChI is InChI=1S/C17H22Cl2N2O3/c1-3-20-16(22)12-6-5-9-21(10-12)17(23)11(2)24-14-8-4-7-13(18)15(14)19/h4,7-8,11-12H,3,5-6,9-10H2,1-2H3,(H,20,22). The molecule has 0 bridgehead atoms. The van der Waals surface area contributed by atoms with Crippen molar-refractivity contribution in [3.8, 4) is 5.75 Å². The summed E-state index contributed by atoms with van der Waals surface area (Å²) in [7, 11) is 0. The zero-order chi connectivity index (χ0) is 17.7. The van der Waals surface area contributed by atoms with E-state index >= 15 is 0 Å². The van der Waals surface area contributed by atoms with Gasteiger partial charge in [0.05, 0.1) is 10.9 Å². The van der Waals surface area contributed by atoms with Crippen LogP contribution < -0.4 is 10.1 Å². The summed E-state index contributed by atoms with van der Waals surface area (Å²) in [6.07, 6.45) is 0.900. The number of carbonyl (C=O) groups excluding carboxylic acids is 2. The van der Waals surface area contributed by atoms with E-state index in [0.29, 0.717) is 30.4 Å². The third-order valence-electron chi connectivity index (χ3n) is 4.02. The molecule has 5 nitrogen and oxygen atoms in total. The summed E-state index contributed by atoms with van der Waals surface area (Å²) in [5, 5.41) is 3.48. The van der Waals surface area contributed by atoms with Crippen LogP contribution in [0.2, 0.25) is 10.0 Å². The molecule has 1 saturated heterocycles. The summed E-state index contributed by atoms with van der Waals surface area (Å²) >= 11 is 12.0. The van der Waals surface area contributed by atoms with E-state index in [1.807, 2.05) is 6.92 Å². The second-order valence-corrected chi connectivity index (χ2v) is 6.62.